The summed E-state index contributed by atoms with van der Waals surface area (Å²) in [5, 5.41) is 37.7. The van der Waals surface area contributed by atoms with Crippen molar-refractivity contribution in [2.75, 3.05) is 0 Å². The van der Waals surface area contributed by atoms with E-state index < -0.39 is 11.9 Å². The van der Waals surface area contributed by atoms with Crippen LogP contribution in [0, 0.1) is 0 Å². The van der Waals surface area contributed by atoms with Crippen LogP contribution in [0.25, 0.3) is 11.1 Å². The fourth-order valence-corrected chi connectivity index (χ4v) is 2.41. The summed E-state index contributed by atoms with van der Waals surface area (Å²) in [7, 11) is 0. The average Bonchev–Trinajstić information content (AvgIpc) is 2.53. The first-order chi connectivity index (χ1) is 11.4. The third kappa shape index (κ3) is 4.49. The number of hydrogen-bond acceptors (Lipinski definition) is 4. The van der Waals surface area contributed by atoms with E-state index in [1.165, 1.54) is 12.1 Å². The minimum absolute atomic E-state index is 0.0329. The van der Waals surface area contributed by atoms with Gasteiger partial charge in [0.1, 0.15) is 11.5 Å². The van der Waals surface area contributed by atoms with Crippen molar-refractivity contribution >= 4 is 11.9 Å². The van der Waals surface area contributed by atoms with Gasteiger partial charge in [-0.3, -0.25) is 9.59 Å². The van der Waals surface area contributed by atoms with Crippen LogP contribution in [0.15, 0.2) is 36.4 Å². The molecule has 0 atom stereocenters. The third-order valence-electron chi connectivity index (χ3n) is 3.67. The summed E-state index contributed by atoms with van der Waals surface area (Å²) in [5.41, 5.74) is 2.21. The molecule has 0 bridgehead atoms. The zero-order valence-electron chi connectivity index (χ0n) is 12.9. The topological polar surface area (TPSA) is 115 Å². The highest BCUT2D eigenvalue weighted by molar-refractivity contribution is 5.77. The predicted molar refractivity (Wildman–Crippen MR) is 87.1 cm³/mol. The largest absolute Gasteiger partial charge is 0.507 e. The van der Waals surface area contributed by atoms with Crippen LogP contribution in [0.4, 0.5) is 0 Å². The van der Waals surface area contributed by atoms with Gasteiger partial charge >= 0.3 is 11.9 Å². The smallest absolute Gasteiger partial charge is 0.303 e. The molecule has 6 nitrogen and oxygen atoms in total. The van der Waals surface area contributed by atoms with Crippen molar-refractivity contribution in [1.82, 2.24) is 0 Å². The molecule has 0 radical (unpaired) electrons. The molecule has 0 fully saturated rings. The number of carbonyl (C=O) groups is 2. The van der Waals surface area contributed by atoms with E-state index in [2.05, 4.69) is 0 Å². The Bertz CT molecular complexity index is 701. The van der Waals surface area contributed by atoms with Gasteiger partial charge in [-0.05, 0) is 48.2 Å². The Morgan fingerprint density at radius 3 is 1.42 bits per heavy atom. The fourth-order valence-electron chi connectivity index (χ4n) is 2.41. The van der Waals surface area contributed by atoms with Crippen molar-refractivity contribution in [3.8, 4) is 22.6 Å². The van der Waals surface area contributed by atoms with Crippen LogP contribution >= 0.6 is 0 Å². The van der Waals surface area contributed by atoms with Gasteiger partial charge in [0.05, 0.1) is 0 Å². The fraction of sp³-hybridized carbons (Fsp3) is 0.222. The lowest BCUT2D eigenvalue weighted by Crippen LogP contribution is -1.98. The van der Waals surface area contributed by atoms with Gasteiger partial charge in [0.25, 0.3) is 0 Å². The molecular weight excluding hydrogens is 312 g/mol. The van der Waals surface area contributed by atoms with Crippen LogP contribution in [0.3, 0.4) is 0 Å². The molecule has 0 saturated heterocycles. The van der Waals surface area contributed by atoms with Gasteiger partial charge in [-0.25, -0.2) is 0 Å². The van der Waals surface area contributed by atoms with E-state index >= 15 is 0 Å². The van der Waals surface area contributed by atoms with E-state index in [1.54, 1.807) is 24.3 Å². The lowest BCUT2D eigenvalue weighted by molar-refractivity contribution is -0.138. The lowest BCUT2D eigenvalue weighted by atomic mass is 9.96. The quantitative estimate of drug-likeness (QED) is 0.620. The third-order valence-corrected chi connectivity index (χ3v) is 3.67. The van der Waals surface area contributed by atoms with Crippen molar-refractivity contribution in [2.45, 2.75) is 25.7 Å². The van der Waals surface area contributed by atoms with Crippen molar-refractivity contribution < 1.29 is 30.0 Å². The number of aromatic hydroxyl groups is 2. The zero-order valence-corrected chi connectivity index (χ0v) is 12.9. The second-order valence-corrected chi connectivity index (χ2v) is 5.49. The Morgan fingerprint density at radius 1 is 0.708 bits per heavy atom. The van der Waals surface area contributed by atoms with E-state index in [-0.39, 0.29) is 24.3 Å². The highest BCUT2D eigenvalue weighted by atomic mass is 16.4. The maximum Gasteiger partial charge on any atom is 0.303 e. The number of aliphatic carboxylic acids is 2. The van der Waals surface area contributed by atoms with Crippen LogP contribution in [0.2, 0.25) is 0 Å². The van der Waals surface area contributed by atoms with E-state index in [0.717, 1.165) is 11.1 Å². The summed E-state index contributed by atoms with van der Waals surface area (Å²) in [4.78, 5) is 21.4. The maximum absolute atomic E-state index is 10.7. The van der Waals surface area contributed by atoms with Crippen LogP contribution in [-0.4, -0.2) is 32.4 Å². The van der Waals surface area contributed by atoms with Crippen molar-refractivity contribution in [1.29, 1.82) is 0 Å². The van der Waals surface area contributed by atoms with Crippen molar-refractivity contribution in [2.24, 2.45) is 0 Å². The Morgan fingerprint density at radius 2 is 1.08 bits per heavy atom. The second kappa shape index (κ2) is 7.50. The minimum atomic E-state index is -0.914. The van der Waals surface area contributed by atoms with E-state index in [1.807, 2.05) is 0 Å². The van der Waals surface area contributed by atoms with Crippen LogP contribution < -0.4 is 0 Å². The molecule has 126 valence electrons. The van der Waals surface area contributed by atoms with Gasteiger partial charge < -0.3 is 20.4 Å². The van der Waals surface area contributed by atoms with E-state index in [4.69, 9.17) is 10.2 Å². The summed E-state index contributed by atoms with van der Waals surface area (Å²) < 4.78 is 0. The molecule has 0 aliphatic rings. The molecule has 4 N–H and O–H groups in total. The predicted octanol–water partition coefficient (Wildman–Crippen LogP) is 2.80. The lowest BCUT2D eigenvalue weighted by Gasteiger charge is -2.11. The number of carboxylic acids is 2. The molecule has 0 aromatic heterocycles. The number of phenolic OH excluding ortho intramolecular Hbond substituents is 2. The Hall–Kier alpha value is -3.02. The number of benzene rings is 2. The van der Waals surface area contributed by atoms with Gasteiger partial charge in [0.15, 0.2) is 0 Å². The van der Waals surface area contributed by atoms with Gasteiger partial charge in [-0.2, -0.15) is 0 Å². The molecule has 2 rings (SSSR count). The molecule has 2 aromatic rings. The molecule has 0 unspecified atom stereocenters. The van der Waals surface area contributed by atoms with Gasteiger partial charge in [0, 0.05) is 24.0 Å². The van der Waals surface area contributed by atoms with Gasteiger partial charge in [-0.15, -0.1) is 0 Å². The first-order valence-corrected chi connectivity index (χ1v) is 7.44. The summed E-state index contributed by atoms with van der Waals surface area (Å²) >= 11 is 0. The molecule has 0 saturated carbocycles. The molecule has 0 aliphatic heterocycles. The number of aryl methyl sites for hydroxylation is 2. The number of phenols is 2. The molecule has 24 heavy (non-hydrogen) atoms. The van der Waals surface area contributed by atoms with Crippen LogP contribution in [0.1, 0.15) is 24.0 Å². The van der Waals surface area contributed by atoms with Gasteiger partial charge in [-0.1, -0.05) is 12.1 Å². The second-order valence-electron chi connectivity index (χ2n) is 5.49. The Balaban J connectivity index is 2.35. The van der Waals surface area contributed by atoms with Gasteiger partial charge in [0.2, 0.25) is 0 Å². The van der Waals surface area contributed by atoms with Crippen LogP contribution in [0.5, 0.6) is 11.5 Å². The Labute approximate surface area is 138 Å². The first kappa shape index (κ1) is 17.3. The highest BCUT2D eigenvalue weighted by Crippen LogP contribution is 2.37. The standard InChI is InChI=1S/C18H18O6/c19-15-5-1-11(3-7-17(21)22)9-13(15)14-10-12(2-6-16(14)20)4-8-18(23)24/h1-2,5-6,9-10,19-20H,3-4,7-8H2,(H,21,22)(H,23,24). The van der Waals surface area contributed by atoms with E-state index in [9.17, 15) is 19.8 Å². The minimum Gasteiger partial charge on any atom is -0.507 e. The number of hydrogen-bond donors (Lipinski definition) is 4. The molecule has 0 amide bonds. The normalized spacial score (nSPS) is 10.5. The number of rotatable bonds is 7. The summed E-state index contributed by atoms with van der Waals surface area (Å²) in [6, 6.07) is 9.44. The summed E-state index contributed by atoms with van der Waals surface area (Å²) in [5.74, 6) is -1.91. The van der Waals surface area contributed by atoms with Crippen molar-refractivity contribution in [3.63, 3.8) is 0 Å². The molecule has 2 aromatic carbocycles. The monoisotopic (exact) mass is 330 g/mol. The molecule has 0 aliphatic carbocycles. The zero-order chi connectivity index (χ0) is 17.7. The SMILES string of the molecule is O=C(O)CCc1ccc(O)c(-c2cc(CCC(=O)O)ccc2O)c1. The average molecular weight is 330 g/mol. The molecular formula is C18H18O6. The molecule has 0 spiro atoms. The van der Waals surface area contributed by atoms with Crippen LogP contribution in [-0.2, 0) is 22.4 Å². The summed E-state index contributed by atoms with van der Waals surface area (Å²) in [6.45, 7) is 0. The maximum atomic E-state index is 10.7. The van der Waals surface area contributed by atoms with Crippen molar-refractivity contribution in [3.05, 3.63) is 47.5 Å². The Kier molecular flexibility index (Phi) is 5.42. The number of carboxylic acid groups (broad SMARTS) is 2. The highest BCUT2D eigenvalue weighted by Gasteiger charge is 2.12. The molecule has 0 heterocycles. The van der Waals surface area contributed by atoms with E-state index in [0.29, 0.717) is 24.0 Å². The first-order valence-electron chi connectivity index (χ1n) is 7.44. The summed E-state index contributed by atoms with van der Waals surface area (Å²) in [6.07, 6.45) is 0.549. The molecule has 6 heteroatoms.